The Hall–Kier alpha value is -1.60. The van der Waals surface area contributed by atoms with Crippen LogP contribution < -0.4 is 5.32 Å². The molecule has 1 fully saturated rings. The zero-order chi connectivity index (χ0) is 14.7. The minimum absolute atomic E-state index is 0.551. The summed E-state index contributed by atoms with van der Waals surface area (Å²) >= 11 is 0. The SMILES string of the molecule is Cc1ccccc1C1CC(NC(C)Cc2ccccc2)C1. The van der Waals surface area contributed by atoms with Gasteiger partial charge in [0, 0.05) is 12.1 Å². The fourth-order valence-corrected chi connectivity index (χ4v) is 3.48. The first kappa shape index (κ1) is 14.3. The van der Waals surface area contributed by atoms with Crippen molar-refractivity contribution in [1.82, 2.24) is 5.32 Å². The third-order valence-electron chi connectivity index (χ3n) is 4.67. The summed E-state index contributed by atoms with van der Waals surface area (Å²) in [6, 6.07) is 20.8. The molecule has 2 aromatic carbocycles. The third-order valence-corrected chi connectivity index (χ3v) is 4.67. The minimum Gasteiger partial charge on any atom is -0.311 e. The van der Waals surface area contributed by atoms with E-state index in [1.54, 1.807) is 5.56 Å². The Kier molecular flexibility index (Phi) is 4.40. The number of hydrogen-bond acceptors (Lipinski definition) is 1. The van der Waals surface area contributed by atoms with Gasteiger partial charge in [0.2, 0.25) is 0 Å². The molecule has 21 heavy (non-hydrogen) atoms. The van der Waals surface area contributed by atoms with Crippen LogP contribution in [0.1, 0.15) is 42.4 Å². The molecule has 1 N–H and O–H groups in total. The number of nitrogens with one attached hydrogen (secondary N) is 1. The monoisotopic (exact) mass is 279 g/mol. The van der Waals surface area contributed by atoms with Gasteiger partial charge in [0.05, 0.1) is 0 Å². The first-order chi connectivity index (χ1) is 10.2. The number of aryl methyl sites for hydroxylation is 1. The van der Waals surface area contributed by atoms with Gasteiger partial charge in [-0.1, -0.05) is 54.6 Å². The van der Waals surface area contributed by atoms with Crippen LogP contribution in [-0.2, 0) is 6.42 Å². The van der Waals surface area contributed by atoms with Crippen LogP contribution in [0.4, 0.5) is 0 Å². The maximum absolute atomic E-state index is 3.78. The molecule has 0 aromatic heterocycles. The highest BCUT2D eigenvalue weighted by Gasteiger charge is 2.31. The zero-order valence-corrected chi connectivity index (χ0v) is 13.0. The topological polar surface area (TPSA) is 12.0 Å². The van der Waals surface area contributed by atoms with Gasteiger partial charge in [-0.05, 0) is 55.7 Å². The van der Waals surface area contributed by atoms with E-state index in [0.717, 1.165) is 12.3 Å². The van der Waals surface area contributed by atoms with E-state index in [1.165, 1.54) is 24.0 Å². The van der Waals surface area contributed by atoms with Crippen LogP contribution in [0, 0.1) is 6.92 Å². The third kappa shape index (κ3) is 3.54. The summed E-state index contributed by atoms with van der Waals surface area (Å²) in [5.74, 6) is 0.757. The van der Waals surface area contributed by atoms with Gasteiger partial charge in [0.15, 0.2) is 0 Å². The Balaban J connectivity index is 1.48. The van der Waals surface area contributed by atoms with Crippen LogP contribution in [-0.4, -0.2) is 12.1 Å². The predicted octanol–water partition coefficient (Wildman–Crippen LogP) is 4.46. The maximum Gasteiger partial charge on any atom is 0.00817 e. The Morgan fingerprint density at radius 2 is 1.67 bits per heavy atom. The summed E-state index contributed by atoms with van der Waals surface area (Å²) in [5.41, 5.74) is 4.41. The lowest BCUT2D eigenvalue weighted by atomic mass is 9.74. The predicted molar refractivity (Wildman–Crippen MR) is 89.7 cm³/mol. The Bertz CT molecular complexity index is 569. The van der Waals surface area contributed by atoms with E-state index in [0.29, 0.717) is 12.1 Å². The second-order valence-electron chi connectivity index (χ2n) is 6.48. The zero-order valence-electron chi connectivity index (χ0n) is 13.0. The number of benzene rings is 2. The van der Waals surface area contributed by atoms with Crippen LogP contribution in [0.5, 0.6) is 0 Å². The van der Waals surface area contributed by atoms with Gasteiger partial charge in [0.25, 0.3) is 0 Å². The molecule has 110 valence electrons. The molecule has 1 nitrogen and oxygen atoms in total. The van der Waals surface area contributed by atoms with Gasteiger partial charge in [-0.2, -0.15) is 0 Å². The Morgan fingerprint density at radius 1 is 1.00 bits per heavy atom. The van der Waals surface area contributed by atoms with E-state index in [-0.39, 0.29) is 0 Å². The summed E-state index contributed by atoms with van der Waals surface area (Å²) in [5, 5.41) is 3.78. The average molecular weight is 279 g/mol. The summed E-state index contributed by atoms with van der Waals surface area (Å²) in [6.07, 6.45) is 3.68. The molecule has 1 unspecified atom stereocenters. The molecule has 0 saturated heterocycles. The standard InChI is InChI=1S/C20H25N/c1-15-8-6-7-11-20(15)18-13-19(14-18)21-16(2)12-17-9-4-3-5-10-17/h3-11,16,18-19,21H,12-14H2,1-2H3. The van der Waals surface area contributed by atoms with Gasteiger partial charge in [-0.3, -0.25) is 0 Å². The highest BCUT2D eigenvalue weighted by atomic mass is 15.0. The first-order valence-electron chi connectivity index (χ1n) is 8.08. The van der Waals surface area contributed by atoms with E-state index < -0.39 is 0 Å². The largest absolute Gasteiger partial charge is 0.311 e. The van der Waals surface area contributed by atoms with Crippen molar-refractivity contribution in [3.63, 3.8) is 0 Å². The van der Waals surface area contributed by atoms with Gasteiger partial charge >= 0.3 is 0 Å². The van der Waals surface area contributed by atoms with Crippen LogP contribution in [0.25, 0.3) is 0 Å². The molecule has 1 atom stereocenters. The molecule has 0 spiro atoms. The van der Waals surface area contributed by atoms with Crippen molar-refractivity contribution in [2.75, 3.05) is 0 Å². The molecular weight excluding hydrogens is 254 g/mol. The molecule has 1 heteroatoms. The van der Waals surface area contributed by atoms with Crippen LogP contribution in [0.15, 0.2) is 54.6 Å². The Morgan fingerprint density at radius 3 is 2.38 bits per heavy atom. The van der Waals surface area contributed by atoms with Crippen molar-refractivity contribution >= 4 is 0 Å². The highest BCUT2D eigenvalue weighted by Crippen LogP contribution is 2.38. The number of hydrogen-bond donors (Lipinski definition) is 1. The van der Waals surface area contributed by atoms with Crippen molar-refractivity contribution in [2.24, 2.45) is 0 Å². The first-order valence-corrected chi connectivity index (χ1v) is 8.08. The lowest BCUT2D eigenvalue weighted by molar-refractivity contribution is 0.268. The quantitative estimate of drug-likeness (QED) is 0.852. The van der Waals surface area contributed by atoms with Gasteiger partial charge in [-0.25, -0.2) is 0 Å². The van der Waals surface area contributed by atoms with Gasteiger partial charge < -0.3 is 5.32 Å². The number of rotatable bonds is 5. The lowest BCUT2D eigenvalue weighted by Gasteiger charge is -2.39. The lowest BCUT2D eigenvalue weighted by Crippen LogP contribution is -2.45. The second-order valence-corrected chi connectivity index (χ2v) is 6.48. The van der Waals surface area contributed by atoms with E-state index in [1.807, 2.05) is 0 Å². The van der Waals surface area contributed by atoms with Crippen molar-refractivity contribution in [2.45, 2.75) is 51.1 Å². The van der Waals surface area contributed by atoms with E-state index in [2.05, 4.69) is 73.8 Å². The van der Waals surface area contributed by atoms with Crippen LogP contribution in [0.2, 0.25) is 0 Å². The van der Waals surface area contributed by atoms with Crippen molar-refractivity contribution < 1.29 is 0 Å². The van der Waals surface area contributed by atoms with Crippen molar-refractivity contribution in [3.8, 4) is 0 Å². The van der Waals surface area contributed by atoms with E-state index in [4.69, 9.17) is 0 Å². The molecule has 0 aliphatic heterocycles. The van der Waals surface area contributed by atoms with E-state index >= 15 is 0 Å². The molecule has 0 radical (unpaired) electrons. The smallest absolute Gasteiger partial charge is 0.00817 e. The molecule has 0 bridgehead atoms. The summed E-state index contributed by atoms with van der Waals surface area (Å²) < 4.78 is 0. The van der Waals surface area contributed by atoms with E-state index in [9.17, 15) is 0 Å². The maximum atomic E-state index is 3.78. The molecule has 1 aliphatic carbocycles. The molecule has 3 rings (SSSR count). The summed E-state index contributed by atoms with van der Waals surface area (Å²) in [4.78, 5) is 0. The summed E-state index contributed by atoms with van der Waals surface area (Å²) in [6.45, 7) is 4.53. The fourth-order valence-electron chi connectivity index (χ4n) is 3.48. The molecule has 1 aliphatic rings. The van der Waals surface area contributed by atoms with Crippen LogP contribution in [0.3, 0.4) is 0 Å². The minimum atomic E-state index is 0.551. The van der Waals surface area contributed by atoms with Crippen molar-refractivity contribution in [1.29, 1.82) is 0 Å². The summed E-state index contributed by atoms with van der Waals surface area (Å²) in [7, 11) is 0. The average Bonchev–Trinajstić information content (AvgIpc) is 2.45. The van der Waals surface area contributed by atoms with Crippen molar-refractivity contribution in [3.05, 3.63) is 71.3 Å². The normalized spacial score (nSPS) is 22.6. The Labute approximate surface area is 128 Å². The fraction of sp³-hybridized carbons (Fsp3) is 0.400. The molecule has 0 amide bonds. The van der Waals surface area contributed by atoms with Gasteiger partial charge in [-0.15, -0.1) is 0 Å². The van der Waals surface area contributed by atoms with Crippen LogP contribution >= 0.6 is 0 Å². The molecule has 1 saturated carbocycles. The highest BCUT2D eigenvalue weighted by molar-refractivity contribution is 5.31. The second kappa shape index (κ2) is 6.44. The molecule has 0 heterocycles. The van der Waals surface area contributed by atoms with Gasteiger partial charge in [0.1, 0.15) is 0 Å². The molecule has 2 aromatic rings. The molecular formula is C20H25N.